The van der Waals surface area contributed by atoms with E-state index in [-0.39, 0.29) is 29.2 Å². The fraction of sp³-hybridized carbons (Fsp3) is 0.455. The Kier molecular flexibility index (Phi) is 10.7. The summed E-state index contributed by atoms with van der Waals surface area (Å²) >= 11 is 6.57. The smallest absolute Gasteiger partial charge is 0.249 e. The monoisotopic (exact) mass is 787 g/mol. The van der Waals surface area contributed by atoms with Crippen molar-refractivity contribution in [2.75, 3.05) is 61.3 Å². The number of likely N-dealkylation sites (tertiary alicyclic amines) is 2. The quantitative estimate of drug-likeness (QED) is 0.141. The number of hydrogen-bond donors (Lipinski definition) is 3. The molecule has 9 rings (SSSR count). The molecule has 5 aliphatic rings. The Morgan fingerprint density at radius 2 is 1.51 bits per heavy atom. The van der Waals surface area contributed by atoms with Crippen LogP contribution in [0.2, 0.25) is 5.02 Å². The number of hydrogen-bond acceptors (Lipinski definition) is 10. The lowest BCUT2D eigenvalue weighted by atomic mass is 9.77. The molecule has 1 unspecified atom stereocenters. The lowest BCUT2D eigenvalue weighted by Gasteiger charge is -2.39. The molecule has 2 aromatic heterocycles. The number of nitrogens with zero attached hydrogens (tertiary/aromatic N) is 6. The number of halogens is 1. The molecule has 12 nitrogen and oxygen atoms in total. The SMILES string of the molecule is O=C1CCC(Nc2ccc(C3CCN(CCN4CCC5(CC4)CCN(c4cncc(Nc6ncc(Cl)c(-c7cccc(C8CC8)c7)n6)c4)C5=O)CC3)cc2)C(=O)N1. The molecule has 4 aliphatic heterocycles. The van der Waals surface area contributed by atoms with E-state index in [0.717, 1.165) is 94.0 Å². The van der Waals surface area contributed by atoms with Gasteiger partial charge in [0.2, 0.25) is 23.7 Å². The van der Waals surface area contributed by atoms with E-state index in [9.17, 15) is 14.4 Å². The summed E-state index contributed by atoms with van der Waals surface area (Å²) in [4.78, 5) is 58.4. The summed E-state index contributed by atoms with van der Waals surface area (Å²) in [6.45, 7) is 6.80. The van der Waals surface area contributed by atoms with Gasteiger partial charge in [-0.25, -0.2) is 9.97 Å². The van der Waals surface area contributed by atoms with Crippen LogP contribution in [0.15, 0.2) is 73.2 Å². The molecule has 57 heavy (non-hydrogen) atoms. The number of carbonyl (C=O) groups excluding carboxylic acids is 3. The zero-order chi connectivity index (χ0) is 38.9. The first-order valence-corrected chi connectivity index (χ1v) is 21.0. The predicted molar refractivity (Wildman–Crippen MR) is 222 cm³/mol. The predicted octanol–water partition coefficient (Wildman–Crippen LogP) is 6.73. The number of aromatic nitrogens is 3. The number of benzene rings is 2. The molecule has 3 N–H and O–H groups in total. The number of amides is 3. The fourth-order valence-electron chi connectivity index (χ4n) is 9.15. The Hall–Kier alpha value is -4.91. The van der Waals surface area contributed by atoms with Gasteiger partial charge in [0.25, 0.3) is 0 Å². The highest BCUT2D eigenvalue weighted by molar-refractivity contribution is 6.32. The lowest BCUT2D eigenvalue weighted by Crippen LogP contribution is -2.47. The van der Waals surface area contributed by atoms with Crippen molar-refractivity contribution in [3.8, 4) is 11.3 Å². The molecule has 2 aromatic carbocycles. The minimum absolute atomic E-state index is 0.200. The van der Waals surface area contributed by atoms with Gasteiger partial charge in [-0.2, -0.15) is 0 Å². The topological polar surface area (TPSA) is 136 Å². The Morgan fingerprint density at radius 3 is 2.26 bits per heavy atom. The van der Waals surface area contributed by atoms with Crippen LogP contribution in [0.3, 0.4) is 0 Å². The normalized spacial score (nSPS) is 21.9. The Balaban J connectivity index is 0.735. The van der Waals surface area contributed by atoms with Gasteiger partial charge >= 0.3 is 0 Å². The highest BCUT2D eigenvalue weighted by atomic mass is 35.5. The van der Waals surface area contributed by atoms with Gasteiger partial charge in [-0.05, 0) is 125 Å². The van der Waals surface area contributed by atoms with E-state index in [0.29, 0.717) is 47.9 Å². The number of rotatable bonds is 11. The van der Waals surface area contributed by atoms with Crippen LogP contribution >= 0.6 is 11.6 Å². The van der Waals surface area contributed by atoms with Gasteiger partial charge < -0.3 is 25.3 Å². The van der Waals surface area contributed by atoms with Crippen molar-refractivity contribution < 1.29 is 14.4 Å². The van der Waals surface area contributed by atoms with E-state index >= 15 is 0 Å². The van der Waals surface area contributed by atoms with Gasteiger partial charge in [0, 0.05) is 37.3 Å². The van der Waals surface area contributed by atoms with E-state index in [1.165, 1.54) is 24.0 Å². The molecule has 1 atom stereocenters. The first kappa shape index (κ1) is 37.7. The van der Waals surface area contributed by atoms with Crippen LogP contribution < -0.4 is 20.9 Å². The van der Waals surface area contributed by atoms with Crippen molar-refractivity contribution >= 4 is 52.3 Å². The molecule has 1 aliphatic carbocycles. The summed E-state index contributed by atoms with van der Waals surface area (Å²) in [6.07, 6.45) is 13.4. The van der Waals surface area contributed by atoms with Gasteiger partial charge in [0.05, 0.1) is 46.1 Å². The van der Waals surface area contributed by atoms with Gasteiger partial charge in [0.1, 0.15) is 6.04 Å². The maximum atomic E-state index is 14.0. The molecule has 0 radical (unpaired) electrons. The van der Waals surface area contributed by atoms with Crippen molar-refractivity contribution in [3.05, 3.63) is 89.3 Å². The maximum Gasteiger partial charge on any atom is 0.249 e. The highest BCUT2D eigenvalue weighted by Gasteiger charge is 2.48. The Bertz CT molecular complexity index is 2130. The molecule has 5 fully saturated rings. The Morgan fingerprint density at radius 1 is 0.772 bits per heavy atom. The number of carbonyl (C=O) groups is 3. The van der Waals surface area contributed by atoms with Crippen LogP contribution in [0.5, 0.6) is 0 Å². The highest BCUT2D eigenvalue weighted by Crippen LogP contribution is 2.44. The molecule has 3 amide bonds. The molecular formula is C44H50ClN9O3. The summed E-state index contributed by atoms with van der Waals surface area (Å²) < 4.78 is 0. The van der Waals surface area contributed by atoms with E-state index in [4.69, 9.17) is 16.6 Å². The molecule has 6 heterocycles. The second kappa shape index (κ2) is 16.2. The van der Waals surface area contributed by atoms with Crippen LogP contribution in [0.25, 0.3) is 11.3 Å². The molecule has 4 aromatic rings. The second-order valence-electron chi connectivity index (χ2n) is 16.6. The number of imide groups is 1. The third-order valence-corrected chi connectivity index (χ3v) is 13.1. The summed E-state index contributed by atoms with van der Waals surface area (Å²) in [5.74, 6) is 1.36. The minimum atomic E-state index is -0.368. The molecular weight excluding hydrogens is 738 g/mol. The fourth-order valence-corrected chi connectivity index (χ4v) is 9.35. The van der Waals surface area contributed by atoms with E-state index in [1.54, 1.807) is 18.6 Å². The number of nitrogens with one attached hydrogen (secondary N) is 3. The third-order valence-electron chi connectivity index (χ3n) is 12.9. The zero-order valence-electron chi connectivity index (χ0n) is 32.3. The number of pyridine rings is 1. The van der Waals surface area contributed by atoms with Crippen LogP contribution in [-0.4, -0.2) is 94.3 Å². The standard InChI is InChI=1S/C44H50ClN9O3/c45-37-28-47-43(51-40(37)33-3-1-2-32(24-33)30-4-5-30)49-35-25-36(27-46-26-35)54-21-16-44(42(54)57)14-19-53(20-15-44)23-22-52-17-12-31(13-18-52)29-6-8-34(9-7-29)48-38-10-11-39(55)50-41(38)56/h1-3,6-9,24-28,30-31,38,48H,4-5,10-23H2,(H,47,49,51)(H,50,55,56). The van der Waals surface area contributed by atoms with E-state index in [1.807, 2.05) is 17.0 Å². The van der Waals surface area contributed by atoms with Gasteiger partial charge in [-0.1, -0.05) is 41.9 Å². The molecule has 1 saturated carbocycles. The van der Waals surface area contributed by atoms with Crippen molar-refractivity contribution in [3.63, 3.8) is 0 Å². The number of piperidine rings is 3. The molecule has 296 valence electrons. The van der Waals surface area contributed by atoms with Crippen LogP contribution in [0.4, 0.5) is 23.0 Å². The van der Waals surface area contributed by atoms with Gasteiger partial charge in [-0.15, -0.1) is 0 Å². The van der Waals surface area contributed by atoms with Crippen LogP contribution in [-0.2, 0) is 14.4 Å². The average molecular weight is 788 g/mol. The second-order valence-corrected chi connectivity index (χ2v) is 17.0. The summed E-state index contributed by atoms with van der Waals surface area (Å²) in [6, 6.07) is 18.5. The van der Waals surface area contributed by atoms with Crippen molar-refractivity contribution in [1.82, 2.24) is 30.1 Å². The summed E-state index contributed by atoms with van der Waals surface area (Å²) in [7, 11) is 0. The molecule has 0 bridgehead atoms. The largest absolute Gasteiger partial charge is 0.374 e. The van der Waals surface area contributed by atoms with Gasteiger partial charge in [0.15, 0.2) is 0 Å². The summed E-state index contributed by atoms with van der Waals surface area (Å²) in [5.41, 5.74) is 6.44. The first-order chi connectivity index (χ1) is 27.8. The third kappa shape index (κ3) is 8.40. The zero-order valence-corrected chi connectivity index (χ0v) is 33.0. The van der Waals surface area contributed by atoms with Gasteiger partial charge in [-0.3, -0.25) is 24.7 Å². The molecule has 1 spiro atoms. The number of anilines is 4. The van der Waals surface area contributed by atoms with E-state index < -0.39 is 0 Å². The van der Waals surface area contributed by atoms with Crippen molar-refractivity contribution in [2.45, 2.75) is 75.7 Å². The Labute approximate surface area is 338 Å². The van der Waals surface area contributed by atoms with Crippen molar-refractivity contribution in [1.29, 1.82) is 0 Å². The molecule has 4 saturated heterocycles. The average Bonchev–Trinajstić information content (AvgIpc) is 4.05. The molecule has 13 heteroatoms. The lowest BCUT2D eigenvalue weighted by molar-refractivity contribution is -0.133. The summed E-state index contributed by atoms with van der Waals surface area (Å²) in [5, 5.41) is 9.49. The minimum Gasteiger partial charge on any atom is -0.374 e. The van der Waals surface area contributed by atoms with Crippen LogP contribution in [0.1, 0.15) is 80.8 Å². The first-order valence-electron chi connectivity index (χ1n) is 20.6. The van der Waals surface area contributed by atoms with Crippen LogP contribution in [0, 0.1) is 5.41 Å². The van der Waals surface area contributed by atoms with Crippen molar-refractivity contribution in [2.24, 2.45) is 5.41 Å². The maximum absolute atomic E-state index is 14.0. The van der Waals surface area contributed by atoms with E-state index in [2.05, 4.69) is 78.2 Å².